The number of anilines is 1. The Balaban J connectivity index is 0.00000289. The summed E-state index contributed by atoms with van der Waals surface area (Å²) in [7, 11) is -4.84. The van der Waals surface area contributed by atoms with Crippen molar-refractivity contribution in [1.29, 1.82) is 0 Å². The first-order valence-electron chi connectivity index (χ1n) is 9.21. The second-order valence-electron chi connectivity index (χ2n) is 7.00. The van der Waals surface area contributed by atoms with E-state index in [0.717, 1.165) is 5.56 Å². The quantitative estimate of drug-likeness (QED) is 0.321. The Bertz CT molecular complexity index is 1370. The molecule has 0 saturated carbocycles. The summed E-state index contributed by atoms with van der Waals surface area (Å²) in [5, 5.41) is 14.6. The number of aryl methyl sites for hydroxylation is 1. The van der Waals surface area contributed by atoms with Gasteiger partial charge in [0, 0.05) is 5.39 Å². The molecule has 8 nitrogen and oxygen atoms in total. The predicted molar refractivity (Wildman–Crippen MR) is 117 cm³/mol. The average molecular weight is 479 g/mol. The minimum absolute atomic E-state index is 0. The number of carbonyl (C=O) groups is 1. The molecular weight excluding hydrogens is 463 g/mol. The molecular formula is C21H16ClN4NaO4S. The molecule has 32 heavy (non-hydrogen) atoms. The van der Waals surface area contributed by atoms with E-state index in [1.165, 1.54) is 17.1 Å². The summed E-state index contributed by atoms with van der Waals surface area (Å²) in [6, 6.07) is 13.7. The Morgan fingerprint density at radius 3 is 2.47 bits per heavy atom. The zero-order valence-corrected chi connectivity index (χ0v) is 21.1. The third kappa shape index (κ3) is 4.50. The molecule has 0 N–H and O–H groups in total. The van der Waals surface area contributed by atoms with Crippen LogP contribution < -0.4 is 34.6 Å². The van der Waals surface area contributed by atoms with Gasteiger partial charge in [-0.1, -0.05) is 54.1 Å². The zero-order valence-electron chi connectivity index (χ0n) is 17.5. The van der Waals surface area contributed by atoms with Gasteiger partial charge >= 0.3 is 29.6 Å². The number of benzene rings is 3. The number of nitrogens with zero attached hydrogens (tertiary/aromatic N) is 4. The summed E-state index contributed by atoms with van der Waals surface area (Å²) < 4.78 is 35.8. The van der Waals surface area contributed by atoms with Crippen molar-refractivity contribution in [3.8, 4) is 0 Å². The molecule has 0 aromatic heterocycles. The number of fused-ring (bicyclic) bond motifs is 1. The van der Waals surface area contributed by atoms with Crippen LogP contribution in [-0.4, -0.2) is 30.6 Å². The summed E-state index contributed by atoms with van der Waals surface area (Å²) in [5.74, 6) is -0.482. The Kier molecular flexibility index (Phi) is 7.18. The van der Waals surface area contributed by atoms with E-state index >= 15 is 0 Å². The molecule has 11 heteroatoms. The number of hydrazone groups is 1. The van der Waals surface area contributed by atoms with Gasteiger partial charge in [-0.15, -0.1) is 0 Å². The fraction of sp³-hybridized carbons (Fsp3) is 0.143. The maximum Gasteiger partial charge on any atom is 1.00 e. The van der Waals surface area contributed by atoms with Crippen molar-refractivity contribution >= 4 is 55.5 Å². The number of halogens is 1. The fourth-order valence-electron chi connectivity index (χ4n) is 3.43. The molecule has 0 radical (unpaired) electrons. The van der Waals surface area contributed by atoms with Crippen LogP contribution in [0.15, 0.2) is 74.8 Å². The van der Waals surface area contributed by atoms with Crippen LogP contribution in [0.3, 0.4) is 0 Å². The molecule has 1 aliphatic rings. The molecule has 0 spiro atoms. The summed E-state index contributed by atoms with van der Waals surface area (Å²) in [4.78, 5) is 12.5. The van der Waals surface area contributed by atoms with Crippen molar-refractivity contribution in [3.63, 3.8) is 0 Å². The van der Waals surface area contributed by atoms with Crippen LogP contribution in [-0.2, 0) is 14.9 Å². The molecule has 0 aliphatic carbocycles. The van der Waals surface area contributed by atoms with Gasteiger partial charge < -0.3 is 4.55 Å². The van der Waals surface area contributed by atoms with E-state index in [9.17, 15) is 17.8 Å². The van der Waals surface area contributed by atoms with E-state index in [4.69, 9.17) is 11.6 Å². The van der Waals surface area contributed by atoms with Gasteiger partial charge in [0.2, 0.25) is 0 Å². The normalized spacial score (nSPS) is 16.5. The van der Waals surface area contributed by atoms with Gasteiger partial charge in [0.1, 0.15) is 15.8 Å². The number of hydrogen-bond acceptors (Lipinski definition) is 7. The van der Waals surface area contributed by atoms with Crippen LogP contribution in [0.25, 0.3) is 10.8 Å². The van der Waals surface area contributed by atoms with E-state index < -0.39 is 27.0 Å². The molecule has 0 saturated heterocycles. The Morgan fingerprint density at radius 1 is 1.06 bits per heavy atom. The molecule has 1 atom stereocenters. The van der Waals surface area contributed by atoms with Crippen molar-refractivity contribution in [2.75, 3.05) is 5.01 Å². The fourth-order valence-corrected chi connectivity index (χ4v) is 4.56. The van der Waals surface area contributed by atoms with Gasteiger partial charge in [0.25, 0.3) is 5.91 Å². The standard InChI is InChI=1S/C21H17ClN4O4S.Na/c1-12-6-5-9-16(22)19(12)26-21(27)18(13(2)25-26)24-23-17-11-10-14-7-3-4-8-15(14)20(17)31(28,29)30;/h3-11,18H,1-2H3,(H,28,29,30);/q;+1/p-1. The summed E-state index contributed by atoms with van der Waals surface area (Å²) in [5.41, 5.74) is 1.42. The Morgan fingerprint density at radius 2 is 1.78 bits per heavy atom. The average Bonchev–Trinajstić information content (AvgIpc) is 2.98. The number of rotatable bonds is 4. The molecule has 0 bridgehead atoms. The van der Waals surface area contributed by atoms with E-state index in [0.29, 0.717) is 21.8 Å². The van der Waals surface area contributed by atoms with Gasteiger partial charge in [-0.25, -0.2) is 8.42 Å². The van der Waals surface area contributed by atoms with E-state index in [2.05, 4.69) is 15.3 Å². The van der Waals surface area contributed by atoms with Crippen molar-refractivity contribution < 1.29 is 47.3 Å². The van der Waals surface area contributed by atoms with Gasteiger partial charge in [-0.2, -0.15) is 20.3 Å². The topological polar surface area (TPSA) is 115 Å². The zero-order chi connectivity index (χ0) is 22.3. The molecule has 3 aromatic rings. The smallest absolute Gasteiger partial charge is 0.744 e. The molecule has 1 heterocycles. The Labute approximate surface area is 212 Å². The number of hydrogen-bond donors (Lipinski definition) is 0. The van der Waals surface area contributed by atoms with Gasteiger partial charge in [-0.3, -0.25) is 4.79 Å². The largest absolute Gasteiger partial charge is 1.00 e. The van der Waals surface area contributed by atoms with E-state index in [1.807, 2.05) is 0 Å². The molecule has 158 valence electrons. The third-order valence-electron chi connectivity index (χ3n) is 4.89. The molecule has 1 amide bonds. The first kappa shape index (κ1) is 24.5. The van der Waals surface area contributed by atoms with Crippen molar-refractivity contribution in [1.82, 2.24) is 0 Å². The van der Waals surface area contributed by atoms with Gasteiger partial charge in [-0.05, 0) is 36.9 Å². The molecule has 0 fully saturated rings. The molecule has 3 aromatic carbocycles. The third-order valence-corrected chi connectivity index (χ3v) is 6.12. The summed E-state index contributed by atoms with van der Waals surface area (Å²) in [6.07, 6.45) is 0. The number of amides is 1. The van der Waals surface area contributed by atoms with Crippen LogP contribution >= 0.6 is 11.6 Å². The van der Waals surface area contributed by atoms with Gasteiger partial charge in [0.05, 0.1) is 21.3 Å². The van der Waals surface area contributed by atoms with Crippen LogP contribution in [0.5, 0.6) is 0 Å². The Hall–Kier alpha value is -2.14. The van der Waals surface area contributed by atoms with E-state index in [1.54, 1.807) is 56.3 Å². The number of para-hydroxylation sites is 1. The van der Waals surface area contributed by atoms with Crippen molar-refractivity contribution in [2.45, 2.75) is 24.8 Å². The maximum absolute atomic E-state index is 13.0. The minimum atomic E-state index is -4.84. The SMILES string of the molecule is CC1=NN(c2c(C)cccc2Cl)C(=O)C1N=Nc1ccc2ccccc2c1S(=O)(=O)[O-].[Na+]. The monoisotopic (exact) mass is 478 g/mol. The number of azo groups is 1. The van der Waals surface area contributed by atoms with Crippen LogP contribution in [0, 0.1) is 6.92 Å². The second kappa shape index (κ2) is 9.38. The first-order chi connectivity index (χ1) is 14.7. The predicted octanol–water partition coefficient (Wildman–Crippen LogP) is 1.58. The van der Waals surface area contributed by atoms with Crippen LogP contribution in [0.4, 0.5) is 11.4 Å². The second-order valence-corrected chi connectivity index (χ2v) is 8.73. The van der Waals surface area contributed by atoms with E-state index in [-0.39, 0.29) is 40.6 Å². The first-order valence-corrected chi connectivity index (χ1v) is 11.0. The summed E-state index contributed by atoms with van der Waals surface area (Å²) >= 11 is 6.25. The summed E-state index contributed by atoms with van der Waals surface area (Å²) in [6.45, 7) is 3.41. The molecule has 4 rings (SSSR count). The maximum atomic E-state index is 13.0. The van der Waals surface area contributed by atoms with Gasteiger partial charge in [0.15, 0.2) is 6.04 Å². The molecule has 1 unspecified atom stereocenters. The van der Waals surface area contributed by atoms with Crippen LogP contribution in [0.1, 0.15) is 12.5 Å². The van der Waals surface area contributed by atoms with Crippen LogP contribution in [0.2, 0.25) is 5.02 Å². The van der Waals surface area contributed by atoms with Crippen molar-refractivity contribution in [3.05, 3.63) is 65.2 Å². The number of carbonyl (C=O) groups excluding carboxylic acids is 1. The van der Waals surface area contributed by atoms with Crippen molar-refractivity contribution in [2.24, 2.45) is 15.3 Å². The minimum Gasteiger partial charge on any atom is -0.744 e. The molecule has 1 aliphatic heterocycles.